The zero-order valence-electron chi connectivity index (χ0n) is 13.7. The molecule has 2 N–H and O–H groups in total. The predicted molar refractivity (Wildman–Crippen MR) is 91.3 cm³/mol. The van der Waals surface area contributed by atoms with Crippen LogP contribution in [0.5, 0.6) is 0 Å². The number of nitrogens with zero attached hydrogens (tertiary/aromatic N) is 2. The average Bonchev–Trinajstić information content (AvgIpc) is 3.18. The van der Waals surface area contributed by atoms with Crippen molar-refractivity contribution in [3.63, 3.8) is 0 Å². The number of nitrogens with one attached hydrogen (secondary N) is 1. The molecule has 0 spiro atoms. The van der Waals surface area contributed by atoms with Gasteiger partial charge in [0, 0.05) is 24.3 Å². The number of hydrogen-bond donors (Lipinski definition) is 2. The molecule has 2 aliphatic rings. The molecule has 1 amide bonds. The number of hydrogen-bond acceptors (Lipinski definition) is 4. The SMILES string of the molecule is O=C(CN1CCC[C@@H]1CN1CCC[C@H]1CO)Nc1ccccc1. The molecular weight excluding hydrogens is 290 g/mol. The molecule has 2 heterocycles. The van der Waals surface area contributed by atoms with E-state index in [-0.39, 0.29) is 12.5 Å². The van der Waals surface area contributed by atoms with Crippen LogP contribution in [0.3, 0.4) is 0 Å². The molecule has 2 fully saturated rings. The second-order valence-corrected chi connectivity index (χ2v) is 6.65. The first-order chi connectivity index (χ1) is 11.3. The molecule has 0 saturated carbocycles. The molecule has 5 heteroatoms. The van der Waals surface area contributed by atoms with Gasteiger partial charge in [0.05, 0.1) is 13.2 Å². The number of amides is 1. The van der Waals surface area contributed by atoms with Crippen LogP contribution in [0, 0.1) is 0 Å². The molecule has 0 aromatic heterocycles. The highest BCUT2D eigenvalue weighted by atomic mass is 16.3. The first kappa shape index (κ1) is 16.4. The van der Waals surface area contributed by atoms with E-state index < -0.39 is 0 Å². The standard InChI is InChI=1S/C18H27N3O2/c22-14-17-9-5-10-20(17)12-16-8-4-11-21(16)13-18(23)19-15-6-2-1-3-7-15/h1-3,6-7,16-17,22H,4-5,8-14H2,(H,19,23)/t16-,17+/m1/s1. The van der Waals surface area contributed by atoms with Crippen LogP contribution in [0.15, 0.2) is 30.3 Å². The van der Waals surface area contributed by atoms with E-state index in [4.69, 9.17) is 0 Å². The Balaban J connectivity index is 1.51. The molecule has 0 radical (unpaired) electrons. The normalized spacial score (nSPS) is 25.8. The first-order valence-corrected chi connectivity index (χ1v) is 8.70. The van der Waals surface area contributed by atoms with E-state index in [9.17, 15) is 9.90 Å². The maximum absolute atomic E-state index is 12.3. The fourth-order valence-corrected chi connectivity index (χ4v) is 3.83. The summed E-state index contributed by atoms with van der Waals surface area (Å²) in [4.78, 5) is 17.0. The van der Waals surface area contributed by atoms with Crippen LogP contribution in [0.25, 0.3) is 0 Å². The van der Waals surface area contributed by atoms with Gasteiger partial charge in [-0.2, -0.15) is 0 Å². The van der Waals surface area contributed by atoms with Gasteiger partial charge in [-0.15, -0.1) is 0 Å². The van der Waals surface area contributed by atoms with Gasteiger partial charge in [0.1, 0.15) is 0 Å². The molecule has 0 bridgehead atoms. The van der Waals surface area contributed by atoms with Gasteiger partial charge in [-0.05, 0) is 50.9 Å². The van der Waals surface area contributed by atoms with Crippen molar-refractivity contribution < 1.29 is 9.90 Å². The fraction of sp³-hybridized carbons (Fsp3) is 0.611. The smallest absolute Gasteiger partial charge is 0.238 e. The molecule has 1 aromatic rings. The van der Waals surface area contributed by atoms with Gasteiger partial charge in [0.2, 0.25) is 5.91 Å². The maximum Gasteiger partial charge on any atom is 0.238 e. The lowest BCUT2D eigenvalue weighted by molar-refractivity contribution is -0.117. The Labute approximate surface area is 138 Å². The zero-order valence-corrected chi connectivity index (χ0v) is 13.7. The van der Waals surface area contributed by atoms with E-state index >= 15 is 0 Å². The van der Waals surface area contributed by atoms with Crippen molar-refractivity contribution in [3.05, 3.63) is 30.3 Å². The maximum atomic E-state index is 12.3. The largest absolute Gasteiger partial charge is 0.395 e. The minimum Gasteiger partial charge on any atom is -0.395 e. The molecule has 2 atom stereocenters. The van der Waals surface area contributed by atoms with Crippen LogP contribution in [0.2, 0.25) is 0 Å². The number of carbonyl (C=O) groups excluding carboxylic acids is 1. The summed E-state index contributed by atoms with van der Waals surface area (Å²) >= 11 is 0. The second kappa shape index (κ2) is 7.90. The Morgan fingerprint density at radius 1 is 1.09 bits per heavy atom. The number of para-hydroxylation sites is 1. The Morgan fingerprint density at radius 2 is 1.78 bits per heavy atom. The summed E-state index contributed by atoms with van der Waals surface area (Å²) < 4.78 is 0. The molecule has 2 saturated heterocycles. The van der Waals surface area contributed by atoms with Crippen molar-refractivity contribution in [1.82, 2.24) is 9.80 Å². The Kier molecular flexibility index (Phi) is 5.65. The number of aliphatic hydroxyl groups excluding tert-OH is 1. The molecule has 1 aromatic carbocycles. The number of anilines is 1. The molecule has 0 unspecified atom stereocenters. The number of likely N-dealkylation sites (tertiary alicyclic amines) is 2. The summed E-state index contributed by atoms with van der Waals surface area (Å²) in [5.41, 5.74) is 0.855. The molecule has 3 rings (SSSR count). The third-order valence-corrected chi connectivity index (χ3v) is 5.06. The van der Waals surface area contributed by atoms with Crippen molar-refractivity contribution in [2.45, 2.75) is 37.8 Å². The molecule has 23 heavy (non-hydrogen) atoms. The van der Waals surface area contributed by atoms with E-state index in [0.717, 1.165) is 44.6 Å². The highest BCUT2D eigenvalue weighted by Crippen LogP contribution is 2.23. The molecular formula is C18H27N3O2. The summed E-state index contributed by atoms with van der Waals surface area (Å²) in [7, 11) is 0. The quantitative estimate of drug-likeness (QED) is 0.836. The third kappa shape index (κ3) is 4.31. The topological polar surface area (TPSA) is 55.8 Å². The van der Waals surface area contributed by atoms with Crippen molar-refractivity contribution in [1.29, 1.82) is 0 Å². The summed E-state index contributed by atoms with van der Waals surface area (Å²) in [5, 5.41) is 12.4. The highest BCUT2D eigenvalue weighted by molar-refractivity contribution is 5.92. The lowest BCUT2D eigenvalue weighted by atomic mass is 10.2. The van der Waals surface area contributed by atoms with E-state index in [0.29, 0.717) is 18.6 Å². The molecule has 0 aliphatic carbocycles. The van der Waals surface area contributed by atoms with Crippen molar-refractivity contribution in [3.8, 4) is 0 Å². The average molecular weight is 317 g/mol. The van der Waals surface area contributed by atoms with Crippen LogP contribution in [-0.4, -0.2) is 65.7 Å². The lowest BCUT2D eigenvalue weighted by Gasteiger charge is -2.30. The lowest BCUT2D eigenvalue weighted by Crippen LogP contribution is -2.45. The highest BCUT2D eigenvalue weighted by Gasteiger charge is 2.31. The molecule has 2 aliphatic heterocycles. The summed E-state index contributed by atoms with van der Waals surface area (Å²) in [6, 6.07) is 10.4. The van der Waals surface area contributed by atoms with Crippen molar-refractivity contribution >= 4 is 11.6 Å². The van der Waals surface area contributed by atoms with Crippen LogP contribution in [0.4, 0.5) is 5.69 Å². The molecule has 126 valence electrons. The minimum absolute atomic E-state index is 0.0585. The van der Waals surface area contributed by atoms with E-state index in [1.807, 2.05) is 30.3 Å². The minimum atomic E-state index is 0.0585. The summed E-state index contributed by atoms with van der Waals surface area (Å²) in [5.74, 6) is 0.0585. The third-order valence-electron chi connectivity index (χ3n) is 5.06. The van der Waals surface area contributed by atoms with Gasteiger partial charge in [0.15, 0.2) is 0 Å². The van der Waals surface area contributed by atoms with E-state index in [1.54, 1.807) is 0 Å². The first-order valence-electron chi connectivity index (χ1n) is 8.70. The van der Waals surface area contributed by atoms with Crippen molar-refractivity contribution in [2.24, 2.45) is 0 Å². The Hall–Kier alpha value is -1.43. The number of aliphatic hydroxyl groups is 1. The Bertz CT molecular complexity index is 508. The van der Waals surface area contributed by atoms with E-state index in [2.05, 4.69) is 15.1 Å². The van der Waals surface area contributed by atoms with Gasteiger partial charge in [-0.1, -0.05) is 18.2 Å². The van der Waals surface area contributed by atoms with Gasteiger partial charge in [-0.25, -0.2) is 0 Å². The van der Waals surface area contributed by atoms with Crippen molar-refractivity contribution in [2.75, 3.05) is 38.1 Å². The Morgan fingerprint density at radius 3 is 2.52 bits per heavy atom. The number of carbonyl (C=O) groups is 1. The van der Waals surface area contributed by atoms with Gasteiger partial charge >= 0.3 is 0 Å². The van der Waals surface area contributed by atoms with E-state index in [1.165, 1.54) is 6.42 Å². The van der Waals surface area contributed by atoms with Crippen LogP contribution < -0.4 is 5.32 Å². The van der Waals surface area contributed by atoms with Gasteiger partial charge in [0.25, 0.3) is 0 Å². The predicted octanol–water partition coefficient (Wildman–Crippen LogP) is 1.55. The molecule has 5 nitrogen and oxygen atoms in total. The summed E-state index contributed by atoms with van der Waals surface area (Å²) in [6.45, 7) is 3.75. The van der Waals surface area contributed by atoms with Gasteiger partial charge in [-0.3, -0.25) is 14.6 Å². The number of rotatable bonds is 6. The summed E-state index contributed by atoms with van der Waals surface area (Å²) in [6.07, 6.45) is 4.57. The van der Waals surface area contributed by atoms with Crippen LogP contribution in [0.1, 0.15) is 25.7 Å². The fourth-order valence-electron chi connectivity index (χ4n) is 3.83. The second-order valence-electron chi connectivity index (χ2n) is 6.65. The van der Waals surface area contributed by atoms with Gasteiger partial charge < -0.3 is 10.4 Å². The van der Waals surface area contributed by atoms with Crippen LogP contribution >= 0.6 is 0 Å². The van der Waals surface area contributed by atoms with Crippen LogP contribution in [-0.2, 0) is 4.79 Å². The number of benzene rings is 1. The monoisotopic (exact) mass is 317 g/mol. The zero-order chi connectivity index (χ0) is 16.1.